The van der Waals surface area contributed by atoms with E-state index in [1.807, 2.05) is 19.1 Å². The predicted molar refractivity (Wildman–Crippen MR) is 169 cm³/mol. The molecule has 234 valence electrons. The highest BCUT2D eigenvalue weighted by Crippen LogP contribution is 2.26. The number of hydrogen-bond acceptors (Lipinski definition) is 8. The molecule has 1 amide bonds. The van der Waals surface area contributed by atoms with Crippen LogP contribution in [-0.2, 0) is 32.0 Å². The maximum Gasteiger partial charge on any atom is 0.358 e. The number of aromatic nitrogens is 1. The minimum atomic E-state index is -1.28. The SMILES string of the molecule is CCOC(=O)c1nc(CN(CCCc2ccc(F)cc2)C(=O)[C@H](OCOCC[Si](C)(C)C)c2ccc(OC)cc2)sc1C. The lowest BCUT2D eigenvalue weighted by Crippen LogP contribution is -2.37. The summed E-state index contributed by atoms with van der Waals surface area (Å²) in [5.41, 5.74) is 1.91. The van der Waals surface area contributed by atoms with E-state index in [1.54, 1.807) is 43.2 Å². The minimum Gasteiger partial charge on any atom is -0.497 e. The molecule has 11 heteroatoms. The number of thiazole rings is 1. The number of carbonyl (C=O) groups is 2. The van der Waals surface area contributed by atoms with Crippen LogP contribution in [0.3, 0.4) is 0 Å². The van der Waals surface area contributed by atoms with E-state index in [0.29, 0.717) is 42.3 Å². The quantitative estimate of drug-likeness (QED) is 0.0701. The largest absolute Gasteiger partial charge is 0.497 e. The van der Waals surface area contributed by atoms with Gasteiger partial charge in [-0.1, -0.05) is 43.9 Å². The van der Waals surface area contributed by atoms with Crippen LogP contribution in [0.2, 0.25) is 25.7 Å². The molecule has 0 spiro atoms. The Morgan fingerprint density at radius 1 is 1.07 bits per heavy atom. The summed E-state index contributed by atoms with van der Waals surface area (Å²) >= 11 is 1.36. The van der Waals surface area contributed by atoms with Gasteiger partial charge in [-0.2, -0.15) is 0 Å². The molecule has 0 aliphatic heterocycles. The number of aryl methyl sites for hydroxylation is 2. The van der Waals surface area contributed by atoms with Crippen LogP contribution in [-0.4, -0.2) is 63.5 Å². The maximum absolute atomic E-state index is 14.2. The highest BCUT2D eigenvalue weighted by atomic mass is 32.1. The molecule has 1 heterocycles. The summed E-state index contributed by atoms with van der Waals surface area (Å²) in [6.07, 6.45) is 0.367. The highest BCUT2D eigenvalue weighted by molar-refractivity contribution is 7.11. The Morgan fingerprint density at radius 3 is 2.40 bits per heavy atom. The number of rotatable bonds is 17. The van der Waals surface area contributed by atoms with E-state index in [1.165, 1.54) is 23.5 Å². The summed E-state index contributed by atoms with van der Waals surface area (Å²) in [4.78, 5) is 33.6. The van der Waals surface area contributed by atoms with Crippen molar-refractivity contribution in [2.24, 2.45) is 0 Å². The topological polar surface area (TPSA) is 87.2 Å². The monoisotopic (exact) mass is 630 g/mol. The van der Waals surface area contributed by atoms with Crippen LogP contribution in [0.5, 0.6) is 5.75 Å². The van der Waals surface area contributed by atoms with E-state index in [-0.39, 0.29) is 37.4 Å². The van der Waals surface area contributed by atoms with Crippen molar-refractivity contribution in [2.75, 3.05) is 33.7 Å². The number of amides is 1. The molecular weight excluding hydrogens is 588 g/mol. The van der Waals surface area contributed by atoms with Crippen molar-refractivity contribution in [3.05, 3.63) is 81.1 Å². The molecule has 0 saturated carbocycles. The van der Waals surface area contributed by atoms with Gasteiger partial charge in [-0.15, -0.1) is 11.3 Å². The van der Waals surface area contributed by atoms with Crippen molar-refractivity contribution >= 4 is 31.3 Å². The van der Waals surface area contributed by atoms with Gasteiger partial charge in [0.25, 0.3) is 5.91 Å². The Labute approximate surface area is 259 Å². The van der Waals surface area contributed by atoms with Gasteiger partial charge in [-0.25, -0.2) is 14.2 Å². The van der Waals surface area contributed by atoms with Gasteiger partial charge in [-0.05, 0) is 68.1 Å². The molecule has 0 bridgehead atoms. The van der Waals surface area contributed by atoms with Crippen molar-refractivity contribution in [3.8, 4) is 5.75 Å². The molecule has 0 saturated heterocycles. The van der Waals surface area contributed by atoms with Crippen LogP contribution in [0.15, 0.2) is 48.5 Å². The molecular formula is C32H43FN2O6SSi. The molecule has 8 nitrogen and oxygen atoms in total. The molecule has 3 rings (SSSR count). The van der Waals surface area contributed by atoms with Crippen LogP contribution >= 0.6 is 11.3 Å². The van der Waals surface area contributed by atoms with E-state index in [9.17, 15) is 14.0 Å². The van der Waals surface area contributed by atoms with Gasteiger partial charge in [0.05, 0.1) is 20.3 Å². The molecule has 3 aromatic rings. The van der Waals surface area contributed by atoms with E-state index in [2.05, 4.69) is 24.6 Å². The predicted octanol–water partition coefficient (Wildman–Crippen LogP) is 6.81. The molecule has 1 atom stereocenters. The second-order valence-corrected chi connectivity index (χ2v) is 18.3. The first-order valence-corrected chi connectivity index (χ1v) is 19.0. The number of hydrogen-bond donors (Lipinski definition) is 0. The number of halogens is 1. The number of carbonyl (C=O) groups excluding carboxylic acids is 2. The van der Waals surface area contributed by atoms with Crippen LogP contribution in [0, 0.1) is 12.7 Å². The number of nitrogens with zero attached hydrogens (tertiary/aromatic N) is 2. The van der Waals surface area contributed by atoms with Crippen molar-refractivity contribution in [2.45, 2.75) is 65.0 Å². The average molecular weight is 631 g/mol. The molecule has 0 aliphatic carbocycles. The second kappa shape index (κ2) is 16.7. The van der Waals surface area contributed by atoms with Crippen LogP contribution in [0.1, 0.15) is 50.9 Å². The molecule has 0 unspecified atom stereocenters. The summed E-state index contributed by atoms with van der Waals surface area (Å²) in [7, 11) is 0.304. The van der Waals surface area contributed by atoms with E-state index in [4.69, 9.17) is 18.9 Å². The Hall–Kier alpha value is -3.12. The number of esters is 1. The lowest BCUT2D eigenvalue weighted by atomic mass is 10.1. The summed E-state index contributed by atoms with van der Waals surface area (Å²) in [6.45, 7) is 11.8. The molecule has 0 radical (unpaired) electrons. The molecule has 43 heavy (non-hydrogen) atoms. The average Bonchev–Trinajstić information content (AvgIpc) is 3.34. The van der Waals surface area contributed by atoms with E-state index in [0.717, 1.165) is 16.5 Å². The highest BCUT2D eigenvalue weighted by Gasteiger charge is 2.29. The fourth-order valence-electron chi connectivity index (χ4n) is 4.27. The van der Waals surface area contributed by atoms with Crippen molar-refractivity contribution in [1.82, 2.24) is 9.88 Å². The van der Waals surface area contributed by atoms with Gasteiger partial charge in [0.15, 0.2) is 11.8 Å². The maximum atomic E-state index is 14.2. The Morgan fingerprint density at radius 2 is 1.77 bits per heavy atom. The Balaban J connectivity index is 1.84. The van der Waals surface area contributed by atoms with Gasteiger partial charge in [0, 0.05) is 26.1 Å². The van der Waals surface area contributed by atoms with Gasteiger partial charge in [0.2, 0.25) is 0 Å². The third kappa shape index (κ3) is 11.1. The lowest BCUT2D eigenvalue weighted by Gasteiger charge is -2.27. The molecule has 0 aliphatic rings. The minimum absolute atomic E-state index is 0.0281. The molecule has 1 aromatic heterocycles. The van der Waals surface area contributed by atoms with E-state index >= 15 is 0 Å². The molecule has 0 fully saturated rings. The third-order valence-corrected chi connectivity index (χ3v) is 9.37. The second-order valence-electron chi connectivity index (χ2n) is 11.4. The third-order valence-electron chi connectivity index (χ3n) is 6.71. The summed E-state index contributed by atoms with van der Waals surface area (Å²) < 4.78 is 35.8. The van der Waals surface area contributed by atoms with Gasteiger partial charge in [-0.3, -0.25) is 4.79 Å². The smallest absolute Gasteiger partial charge is 0.358 e. The first-order valence-electron chi connectivity index (χ1n) is 14.5. The molecule has 2 aromatic carbocycles. The van der Waals surface area contributed by atoms with E-state index < -0.39 is 20.1 Å². The first-order chi connectivity index (χ1) is 20.5. The number of ether oxygens (including phenoxy) is 4. The zero-order valence-corrected chi connectivity index (χ0v) is 27.8. The summed E-state index contributed by atoms with van der Waals surface area (Å²) in [5.74, 6) is -0.346. The zero-order chi connectivity index (χ0) is 31.4. The lowest BCUT2D eigenvalue weighted by molar-refractivity contribution is -0.155. The molecule has 0 N–H and O–H groups in total. The van der Waals surface area contributed by atoms with Crippen LogP contribution < -0.4 is 4.74 Å². The standard InChI is InChI=1S/C32H43FN2O6SSi/c1-7-40-32(37)29-23(2)42-28(34-29)21-35(18-8-9-24-10-14-26(33)15-11-24)31(36)30(25-12-16-27(38-3)17-13-25)41-22-39-19-20-43(4,5)6/h10-17,30H,7-9,18-22H2,1-6H3/t30-/m1/s1. The first kappa shape index (κ1) is 34.4. The summed E-state index contributed by atoms with van der Waals surface area (Å²) in [6, 6.07) is 14.6. The number of methoxy groups -OCH3 is 1. The fraction of sp³-hybridized carbons (Fsp3) is 0.469. The summed E-state index contributed by atoms with van der Waals surface area (Å²) in [5, 5.41) is 0.621. The van der Waals surface area contributed by atoms with Gasteiger partial charge < -0.3 is 23.8 Å². The van der Waals surface area contributed by atoms with Gasteiger partial charge >= 0.3 is 5.97 Å². The zero-order valence-electron chi connectivity index (χ0n) is 26.0. The van der Waals surface area contributed by atoms with Crippen LogP contribution in [0.4, 0.5) is 4.39 Å². The fourth-order valence-corrected chi connectivity index (χ4v) is 5.96. The normalized spacial score (nSPS) is 12.2. The van der Waals surface area contributed by atoms with Crippen molar-refractivity contribution < 1.29 is 32.9 Å². The van der Waals surface area contributed by atoms with Crippen molar-refractivity contribution in [3.63, 3.8) is 0 Å². The Bertz CT molecular complexity index is 1310. The van der Waals surface area contributed by atoms with Gasteiger partial charge in [0.1, 0.15) is 23.4 Å². The van der Waals surface area contributed by atoms with Crippen LogP contribution in [0.25, 0.3) is 0 Å². The Kier molecular flexibility index (Phi) is 13.3. The van der Waals surface area contributed by atoms with Crippen molar-refractivity contribution in [1.29, 1.82) is 0 Å². The number of benzene rings is 2.